The smallest absolute Gasteiger partial charge is 0.244 e. The summed E-state index contributed by atoms with van der Waals surface area (Å²) in [5, 5.41) is 2.81. The molecule has 0 aliphatic heterocycles. The predicted octanol–water partition coefficient (Wildman–Crippen LogP) is 2.57. The average Bonchev–Trinajstić information content (AvgIpc) is 2.52. The van der Waals surface area contributed by atoms with Crippen molar-refractivity contribution >= 4 is 23.0 Å². The van der Waals surface area contributed by atoms with Crippen LogP contribution in [-0.2, 0) is 9.53 Å². The quantitative estimate of drug-likeness (QED) is 0.630. The second-order valence-corrected chi connectivity index (χ2v) is 5.18. The van der Waals surface area contributed by atoms with Crippen molar-refractivity contribution in [1.29, 1.82) is 0 Å². The minimum atomic E-state index is -0.139. The first-order valence-corrected chi connectivity index (χ1v) is 7.44. The number of hydrogen-bond donors (Lipinski definition) is 1. The number of nitrogens with one attached hydrogen (secondary N) is 1. The maximum absolute atomic E-state index is 11.7. The van der Waals surface area contributed by atoms with Gasteiger partial charge in [0.1, 0.15) is 0 Å². The molecule has 1 aromatic heterocycles. The number of para-hydroxylation sites is 2. The number of carbonyl (C=O) groups excluding carboxylic acids is 1. The lowest BCUT2D eigenvalue weighted by Crippen LogP contribution is -2.23. The number of carbonyl (C=O) groups is 1. The highest BCUT2D eigenvalue weighted by atomic mass is 16.5. The van der Waals surface area contributed by atoms with Gasteiger partial charge in [-0.15, -0.1) is 0 Å². The second kappa shape index (κ2) is 8.24. The summed E-state index contributed by atoms with van der Waals surface area (Å²) in [5.41, 5.74) is 2.32. The molecule has 0 saturated heterocycles. The molecule has 5 heteroatoms. The predicted molar refractivity (Wildman–Crippen MR) is 87.3 cm³/mol. The highest BCUT2D eigenvalue weighted by molar-refractivity contribution is 5.91. The number of amides is 1. The summed E-state index contributed by atoms with van der Waals surface area (Å²) >= 11 is 0. The molecule has 1 N–H and O–H groups in total. The molecular formula is C17H21N3O2. The van der Waals surface area contributed by atoms with Gasteiger partial charge in [0.15, 0.2) is 0 Å². The van der Waals surface area contributed by atoms with Crippen LogP contribution in [0.4, 0.5) is 0 Å². The Balaban J connectivity index is 1.81. The Hall–Kier alpha value is -2.27. The molecule has 0 atom stereocenters. The van der Waals surface area contributed by atoms with Gasteiger partial charge in [-0.25, -0.2) is 4.98 Å². The number of rotatable bonds is 7. The fraction of sp³-hybridized carbons (Fsp3) is 0.353. The van der Waals surface area contributed by atoms with Crippen LogP contribution < -0.4 is 5.32 Å². The Morgan fingerprint density at radius 1 is 1.32 bits per heavy atom. The van der Waals surface area contributed by atoms with E-state index in [4.69, 9.17) is 4.74 Å². The van der Waals surface area contributed by atoms with Gasteiger partial charge >= 0.3 is 0 Å². The minimum absolute atomic E-state index is 0.139. The zero-order chi connectivity index (χ0) is 15.8. The van der Waals surface area contributed by atoms with Gasteiger partial charge < -0.3 is 10.1 Å². The molecule has 1 heterocycles. The highest BCUT2D eigenvalue weighted by Gasteiger charge is 1.99. The number of hydrogen-bond acceptors (Lipinski definition) is 4. The first kappa shape index (κ1) is 16.1. The molecule has 2 rings (SSSR count). The number of nitrogens with zero attached hydrogens (tertiary/aromatic N) is 2. The van der Waals surface area contributed by atoms with Gasteiger partial charge in [-0.2, -0.15) is 0 Å². The Labute approximate surface area is 130 Å². The van der Waals surface area contributed by atoms with Crippen LogP contribution in [0.3, 0.4) is 0 Å². The lowest BCUT2D eigenvalue weighted by molar-refractivity contribution is -0.116. The van der Waals surface area contributed by atoms with Crippen molar-refractivity contribution in [3.8, 4) is 0 Å². The van der Waals surface area contributed by atoms with Crippen LogP contribution in [0.1, 0.15) is 26.0 Å². The van der Waals surface area contributed by atoms with Crippen molar-refractivity contribution < 1.29 is 9.53 Å². The largest absolute Gasteiger partial charge is 0.379 e. The summed E-state index contributed by atoms with van der Waals surface area (Å²) in [6.45, 7) is 5.23. The molecule has 0 fully saturated rings. The molecule has 0 spiro atoms. The van der Waals surface area contributed by atoms with Gasteiger partial charge in [0.05, 0.1) is 29.0 Å². The molecule has 0 saturated carbocycles. The van der Waals surface area contributed by atoms with Gasteiger partial charge in [0.2, 0.25) is 5.91 Å². The monoisotopic (exact) mass is 299 g/mol. The van der Waals surface area contributed by atoms with Gasteiger partial charge in [-0.3, -0.25) is 9.78 Å². The number of ether oxygens (including phenoxy) is 1. The van der Waals surface area contributed by atoms with Crippen molar-refractivity contribution in [2.24, 2.45) is 0 Å². The Bertz CT molecular complexity index is 653. The Kier molecular flexibility index (Phi) is 6.03. The van der Waals surface area contributed by atoms with Gasteiger partial charge in [-0.1, -0.05) is 12.1 Å². The number of benzene rings is 1. The molecule has 0 aliphatic rings. The van der Waals surface area contributed by atoms with Gasteiger partial charge in [0, 0.05) is 19.2 Å². The third-order valence-corrected chi connectivity index (χ3v) is 2.94. The maximum atomic E-state index is 11.7. The third-order valence-electron chi connectivity index (χ3n) is 2.94. The SMILES string of the molecule is CC(C)OCCCNC(=O)/C=C/c1cnc2ccccc2n1. The molecule has 1 aromatic carbocycles. The molecule has 116 valence electrons. The van der Waals surface area contributed by atoms with Crippen LogP contribution in [0.5, 0.6) is 0 Å². The summed E-state index contributed by atoms with van der Waals surface area (Å²) in [4.78, 5) is 20.4. The van der Waals surface area contributed by atoms with Crippen LogP contribution in [0, 0.1) is 0 Å². The summed E-state index contributed by atoms with van der Waals surface area (Å²) in [7, 11) is 0. The minimum Gasteiger partial charge on any atom is -0.379 e. The molecule has 0 unspecified atom stereocenters. The Morgan fingerprint density at radius 3 is 2.86 bits per heavy atom. The fourth-order valence-electron chi connectivity index (χ4n) is 1.87. The summed E-state index contributed by atoms with van der Waals surface area (Å²) < 4.78 is 5.41. The molecule has 5 nitrogen and oxygen atoms in total. The van der Waals surface area contributed by atoms with Gasteiger partial charge in [0.25, 0.3) is 0 Å². The molecule has 0 radical (unpaired) electrons. The average molecular weight is 299 g/mol. The van der Waals surface area contributed by atoms with E-state index in [1.807, 2.05) is 38.1 Å². The van der Waals surface area contributed by atoms with Crippen LogP contribution in [0.2, 0.25) is 0 Å². The molecule has 1 amide bonds. The van der Waals surface area contributed by atoms with E-state index in [2.05, 4.69) is 15.3 Å². The van der Waals surface area contributed by atoms with E-state index in [0.717, 1.165) is 17.5 Å². The lowest BCUT2D eigenvalue weighted by Gasteiger charge is -2.07. The van der Waals surface area contributed by atoms with Crippen LogP contribution in [0.15, 0.2) is 36.5 Å². The first-order chi connectivity index (χ1) is 10.6. The van der Waals surface area contributed by atoms with Gasteiger partial charge in [-0.05, 0) is 38.5 Å². The van der Waals surface area contributed by atoms with E-state index >= 15 is 0 Å². The Morgan fingerprint density at radius 2 is 2.09 bits per heavy atom. The van der Waals surface area contributed by atoms with E-state index in [0.29, 0.717) is 18.8 Å². The first-order valence-electron chi connectivity index (χ1n) is 7.44. The normalized spacial score (nSPS) is 11.4. The zero-order valence-electron chi connectivity index (χ0n) is 13.0. The molecule has 2 aromatic rings. The molecule has 22 heavy (non-hydrogen) atoms. The maximum Gasteiger partial charge on any atom is 0.244 e. The van der Waals surface area contributed by atoms with Crippen molar-refractivity contribution in [3.63, 3.8) is 0 Å². The van der Waals surface area contributed by atoms with E-state index in [9.17, 15) is 4.79 Å². The van der Waals surface area contributed by atoms with Crippen molar-refractivity contribution in [2.45, 2.75) is 26.4 Å². The third kappa shape index (κ3) is 5.26. The summed E-state index contributed by atoms with van der Waals surface area (Å²) in [6, 6.07) is 7.63. The van der Waals surface area contributed by atoms with E-state index in [-0.39, 0.29) is 12.0 Å². The molecule has 0 bridgehead atoms. The van der Waals surface area contributed by atoms with E-state index in [1.54, 1.807) is 12.3 Å². The van der Waals surface area contributed by atoms with E-state index < -0.39 is 0 Å². The fourth-order valence-corrected chi connectivity index (χ4v) is 1.87. The van der Waals surface area contributed by atoms with E-state index in [1.165, 1.54) is 6.08 Å². The number of aromatic nitrogens is 2. The molecular weight excluding hydrogens is 278 g/mol. The summed E-state index contributed by atoms with van der Waals surface area (Å²) in [5.74, 6) is -0.139. The lowest BCUT2D eigenvalue weighted by atomic mass is 10.3. The van der Waals surface area contributed by atoms with Crippen LogP contribution >= 0.6 is 0 Å². The van der Waals surface area contributed by atoms with Crippen LogP contribution in [-0.4, -0.2) is 35.1 Å². The zero-order valence-corrected chi connectivity index (χ0v) is 13.0. The molecule has 0 aliphatic carbocycles. The van der Waals surface area contributed by atoms with Crippen LogP contribution in [0.25, 0.3) is 17.1 Å². The standard InChI is InChI=1S/C17H21N3O2/c1-13(2)22-11-5-10-18-17(21)9-8-14-12-19-15-6-3-4-7-16(15)20-14/h3-4,6-9,12-13H,5,10-11H2,1-2H3,(H,18,21)/b9-8+. The highest BCUT2D eigenvalue weighted by Crippen LogP contribution is 2.09. The van der Waals surface area contributed by atoms with Crippen molar-refractivity contribution in [2.75, 3.05) is 13.2 Å². The second-order valence-electron chi connectivity index (χ2n) is 5.18. The summed E-state index contributed by atoms with van der Waals surface area (Å²) in [6.07, 6.45) is 5.82. The van der Waals surface area contributed by atoms with Crippen molar-refractivity contribution in [3.05, 3.63) is 42.2 Å². The topological polar surface area (TPSA) is 64.1 Å². The number of fused-ring (bicyclic) bond motifs is 1. The van der Waals surface area contributed by atoms with Crippen molar-refractivity contribution in [1.82, 2.24) is 15.3 Å².